The number of morpholine rings is 1. The van der Waals surface area contributed by atoms with E-state index in [1.165, 1.54) is 23.5 Å². The third kappa shape index (κ3) is 7.84. The van der Waals surface area contributed by atoms with Gasteiger partial charge in [-0.15, -0.1) is 11.3 Å². The van der Waals surface area contributed by atoms with Crippen LogP contribution in [0, 0.1) is 10.1 Å². The van der Waals surface area contributed by atoms with Crippen LogP contribution in [0.15, 0.2) is 70.9 Å². The lowest BCUT2D eigenvalue weighted by Crippen LogP contribution is -2.46. The molecule has 2 heterocycles. The number of hydrogen-bond donors (Lipinski definition) is 0. The molecule has 1 aliphatic rings. The molecule has 0 aliphatic carbocycles. The van der Waals surface area contributed by atoms with Gasteiger partial charge in [-0.1, -0.05) is 48.0 Å². The first-order valence-electron chi connectivity index (χ1n) is 12.3. The number of benzene rings is 2. The van der Waals surface area contributed by atoms with E-state index in [1.807, 2.05) is 47.8 Å². The summed E-state index contributed by atoms with van der Waals surface area (Å²) >= 11 is 7.44. The van der Waals surface area contributed by atoms with Crippen molar-refractivity contribution in [3.63, 3.8) is 0 Å². The predicted molar refractivity (Wildman–Crippen MR) is 149 cm³/mol. The van der Waals surface area contributed by atoms with Crippen molar-refractivity contribution in [2.75, 3.05) is 45.9 Å². The smallest absolute Gasteiger partial charge is 0.289 e. The number of rotatable bonds is 12. The zero-order valence-electron chi connectivity index (χ0n) is 21.1. The maximum atomic E-state index is 13.8. The van der Waals surface area contributed by atoms with Gasteiger partial charge in [0.15, 0.2) is 0 Å². The summed E-state index contributed by atoms with van der Waals surface area (Å²) in [6.45, 7) is 3.01. The van der Waals surface area contributed by atoms with Gasteiger partial charge < -0.3 is 9.64 Å². The summed E-state index contributed by atoms with van der Waals surface area (Å²) in [5.41, 5.74) is 0.402. The monoisotopic (exact) mass is 592 g/mol. The number of amides is 1. The average molecular weight is 593 g/mol. The lowest BCUT2D eigenvalue weighted by molar-refractivity contribution is -0.384. The number of halogens is 1. The molecule has 1 amide bonds. The summed E-state index contributed by atoms with van der Waals surface area (Å²) in [6, 6.07) is 16.7. The minimum atomic E-state index is -4.27. The fourth-order valence-electron chi connectivity index (χ4n) is 4.18. The van der Waals surface area contributed by atoms with Gasteiger partial charge >= 0.3 is 0 Å². The molecular weight excluding hydrogens is 564 g/mol. The Morgan fingerprint density at radius 3 is 2.49 bits per heavy atom. The average Bonchev–Trinajstić information content (AvgIpc) is 3.45. The van der Waals surface area contributed by atoms with Gasteiger partial charge in [0.05, 0.1) is 36.1 Å². The summed E-state index contributed by atoms with van der Waals surface area (Å²) in [5.74, 6) is -0.374. The molecule has 10 nitrogen and oxygen atoms in total. The third-order valence-electron chi connectivity index (χ3n) is 6.33. The molecule has 0 atom stereocenters. The molecule has 208 valence electrons. The fourth-order valence-corrected chi connectivity index (χ4v) is 6.49. The largest absolute Gasteiger partial charge is 0.379 e. The molecule has 1 aliphatic heterocycles. The van der Waals surface area contributed by atoms with Crippen LogP contribution in [0.1, 0.15) is 10.4 Å². The number of nitro groups is 1. The van der Waals surface area contributed by atoms with Crippen LogP contribution in [0.4, 0.5) is 5.69 Å². The Morgan fingerprint density at radius 1 is 1.08 bits per heavy atom. The van der Waals surface area contributed by atoms with Crippen molar-refractivity contribution in [1.82, 2.24) is 14.1 Å². The van der Waals surface area contributed by atoms with Crippen LogP contribution < -0.4 is 0 Å². The number of carbonyl (C=O) groups is 1. The number of ether oxygens (including phenoxy) is 1. The summed E-state index contributed by atoms with van der Waals surface area (Å²) in [4.78, 5) is 28.8. The number of thiophene rings is 1. The standard InChI is InChI=1S/C26H29ClN4O6S2/c27-24-9-8-23(17-25(24)31(33)34)39(35,36)30(11-10-28-12-14-37-15-13-28)20-26(32)29(19-22-7-4-16-38-22)18-21-5-2-1-3-6-21/h1-9,16-17H,10-15,18-20H2. The van der Waals surface area contributed by atoms with Gasteiger partial charge in [0.25, 0.3) is 5.69 Å². The second kappa shape index (κ2) is 13.5. The Labute approximate surface area is 236 Å². The van der Waals surface area contributed by atoms with E-state index in [0.29, 0.717) is 45.9 Å². The van der Waals surface area contributed by atoms with Crippen molar-refractivity contribution in [3.8, 4) is 0 Å². The Kier molecular flexibility index (Phi) is 10.1. The molecule has 0 N–H and O–H groups in total. The lowest BCUT2D eigenvalue weighted by Gasteiger charge is -2.31. The van der Waals surface area contributed by atoms with E-state index in [-0.39, 0.29) is 22.4 Å². The van der Waals surface area contributed by atoms with Crippen LogP contribution in [0.5, 0.6) is 0 Å². The molecule has 3 aromatic rings. The number of hydrogen-bond acceptors (Lipinski definition) is 8. The summed E-state index contributed by atoms with van der Waals surface area (Å²) in [7, 11) is -4.27. The highest BCUT2D eigenvalue weighted by Gasteiger charge is 2.31. The number of carbonyl (C=O) groups excluding carboxylic acids is 1. The summed E-state index contributed by atoms with van der Waals surface area (Å²) in [6.07, 6.45) is 0. The third-order valence-corrected chi connectivity index (χ3v) is 9.35. The van der Waals surface area contributed by atoms with Crippen LogP contribution in [0.3, 0.4) is 0 Å². The first-order chi connectivity index (χ1) is 18.7. The van der Waals surface area contributed by atoms with Crippen molar-refractivity contribution in [3.05, 3.63) is 91.6 Å². The second-order valence-electron chi connectivity index (χ2n) is 8.98. The molecule has 2 aromatic carbocycles. The second-order valence-corrected chi connectivity index (χ2v) is 12.4. The van der Waals surface area contributed by atoms with E-state index in [9.17, 15) is 23.3 Å². The van der Waals surface area contributed by atoms with Gasteiger partial charge in [-0.25, -0.2) is 8.42 Å². The Morgan fingerprint density at radius 2 is 1.82 bits per heavy atom. The first kappa shape index (κ1) is 29.1. The quantitative estimate of drug-likeness (QED) is 0.232. The normalized spacial score (nSPS) is 14.4. The Bertz CT molecular complexity index is 1370. The molecule has 0 radical (unpaired) electrons. The van der Waals surface area contributed by atoms with Gasteiger partial charge in [0.2, 0.25) is 15.9 Å². The molecule has 0 spiro atoms. The first-order valence-corrected chi connectivity index (χ1v) is 15.0. The highest BCUT2D eigenvalue weighted by atomic mass is 35.5. The van der Waals surface area contributed by atoms with Gasteiger partial charge in [0.1, 0.15) is 5.02 Å². The van der Waals surface area contributed by atoms with E-state index in [4.69, 9.17) is 16.3 Å². The molecule has 0 bridgehead atoms. The van der Waals surface area contributed by atoms with Gasteiger partial charge in [-0.05, 0) is 29.1 Å². The lowest BCUT2D eigenvalue weighted by atomic mass is 10.2. The van der Waals surface area contributed by atoms with E-state index in [0.717, 1.165) is 20.8 Å². The molecular formula is C26H29ClN4O6S2. The van der Waals surface area contributed by atoms with Crippen molar-refractivity contribution in [1.29, 1.82) is 0 Å². The van der Waals surface area contributed by atoms with Gasteiger partial charge in [-0.3, -0.25) is 19.8 Å². The van der Waals surface area contributed by atoms with Crippen LogP contribution in [0.2, 0.25) is 5.02 Å². The molecule has 1 aromatic heterocycles. The maximum absolute atomic E-state index is 13.8. The molecule has 0 unspecified atom stereocenters. The molecule has 4 rings (SSSR count). The predicted octanol–water partition coefficient (Wildman–Crippen LogP) is 3.86. The van der Waals surface area contributed by atoms with E-state index in [1.54, 1.807) is 4.90 Å². The number of nitrogens with zero attached hydrogens (tertiary/aromatic N) is 4. The molecule has 13 heteroatoms. The van der Waals surface area contributed by atoms with Gasteiger partial charge in [0, 0.05) is 43.7 Å². The highest BCUT2D eigenvalue weighted by molar-refractivity contribution is 7.89. The van der Waals surface area contributed by atoms with Crippen molar-refractivity contribution in [2.45, 2.75) is 18.0 Å². The maximum Gasteiger partial charge on any atom is 0.289 e. The van der Waals surface area contributed by atoms with Crippen molar-refractivity contribution >= 4 is 44.6 Å². The summed E-state index contributed by atoms with van der Waals surface area (Å²) in [5, 5.41) is 13.2. The zero-order valence-corrected chi connectivity index (χ0v) is 23.5. The minimum absolute atomic E-state index is 0.0304. The van der Waals surface area contributed by atoms with Crippen LogP contribution in [0.25, 0.3) is 0 Å². The molecule has 39 heavy (non-hydrogen) atoms. The highest BCUT2D eigenvalue weighted by Crippen LogP contribution is 2.29. The number of sulfonamides is 1. The van der Waals surface area contributed by atoms with Crippen molar-refractivity contribution in [2.24, 2.45) is 0 Å². The van der Waals surface area contributed by atoms with Crippen molar-refractivity contribution < 1.29 is 22.9 Å². The zero-order chi connectivity index (χ0) is 27.8. The SMILES string of the molecule is O=C(CN(CCN1CCOCC1)S(=O)(=O)c1ccc(Cl)c([N+](=O)[O-])c1)N(Cc1ccccc1)Cc1cccs1. The number of nitro benzene ring substituents is 1. The van der Waals surface area contributed by atoms with E-state index >= 15 is 0 Å². The summed E-state index contributed by atoms with van der Waals surface area (Å²) < 4.78 is 34.0. The topological polar surface area (TPSA) is 113 Å². The van der Waals surface area contributed by atoms with Crippen LogP contribution in [-0.2, 0) is 32.6 Å². The molecule has 1 fully saturated rings. The fraction of sp³-hybridized carbons (Fsp3) is 0.346. The van der Waals surface area contributed by atoms with Gasteiger partial charge in [-0.2, -0.15) is 4.31 Å². The minimum Gasteiger partial charge on any atom is -0.379 e. The molecule has 1 saturated heterocycles. The van der Waals surface area contributed by atoms with Crippen LogP contribution >= 0.6 is 22.9 Å². The molecule has 0 saturated carbocycles. The van der Waals surface area contributed by atoms with E-state index < -0.39 is 27.2 Å². The van der Waals surface area contributed by atoms with Crippen LogP contribution in [-0.4, -0.2) is 79.3 Å². The Hall–Kier alpha value is -2.87. The Balaban J connectivity index is 1.61. The van der Waals surface area contributed by atoms with E-state index in [2.05, 4.69) is 4.90 Å².